The molecule has 134 valence electrons. The fourth-order valence-corrected chi connectivity index (χ4v) is 2.98. The Balaban J connectivity index is 1.72. The molecule has 0 saturated carbocycles. The Labute approximate surface area is 145 Å². The Bertz CT molecular complexity index is 487. The number of ether oxygens (including phenoxy) is 1. The van der Waals surface area contributed by atoms with Gasteiger partial charge in [0.2, 0.25) is 5.91 Å². The van der Waals surface area contributed by atoms with Gasteiger partial charge in [-0.25, -0.2) is 4.98 Å². The molecule has 0 aliphatic carbocycles. The number of hydrogen-bond donors (Lipinski definition) is 1. The molecule has 0 unspecified atom stereocenters. The van der Waals surface area contributed by atoms with Gasteiger partial charge >= 0.3 is 0 Å². The van der Waals surface area contributed by atoms with Crippen LogP contribution < -0.4 is 10.2 Å². The quantitative estimate of drug-likeness (QED) is 0.668. The second kappa shape index (κ2) is 11.0. The molecule has 1 aliphatic heterocycles. The van der Waals surface area contributed by atoms with E-state index >= 15 is 0 Å². The smallest absolute Gasteiger partial charge is 0.220 e. The Hall–Kier alpha value is -1.62. The molecule has 0 spiro atoms. The van der Waals surface area contributed by atoms with Crippen LogP contribution in [0.4, 0.5) is 5.82 Å². The highest BCUT2D eigenvalue weighted by Crippen LogP contribution is 2.18. The van der Waals surface area contributed by atoms with Gasteiger partial charge in [0.05, 0.1) is 13.2 Å². The molecule has 1 N–H and O–H groups in total. The van der Waals surface area contributed by atoms with Crippen molar-refractivity contribution in [2.75, 3.05) is 31.2 Å². The average molecular weight is 333 g/mol. The maximum Gasteiger partial charge on any atom is 0.220 e. The van der Waals surface area contributed by atoms with Gasteiger partial charge in [0.15, 0.2) is 0 Å². The summed E-state index contributed by atoms with van der Waals surface area (Å²) in [7, 11) is 0. The number of pyridine rings is 1. The summed E-state index contributed by atoms with van der Waals surface area (Å²) in [5.41, 5.74) is 1.08. The van der Waals surface area contributed by atoms with Crippen LogP contribution in [0.3, 0.4) is 0 Å². The van der Waals surface area contributed by atoms with E-state index in [1.807, 2.05) is 18.3 Å². The van der Waals surface area contributed by atoms with E-state index in [0.29, 0.717) is 13.0 Å². The summed E-state index contributed by atoms with van der Waals surface area (Å²) in [5.74, 6) is 1.11. The van der Waals surface area contributed by atoms with Gasteiger partial charge in [-0.15, -0.1) is 0 Å². The van der Waals surface area contributed by atoms with Gasteiger partial charge in [0, 0.05) is 37.8 Å². The van der Waals surface area contributed by atoms with E-state index in [9.17, 15) is 4.79 Å². The third kappa shape index (κ3) is 6.48. The molecule has 0 atom stereocenters. The standard InChI is InChI=1S/C19H31N3O2/c1-2-3-4-5-6-7-10-18(23)21-16-17-9-8-11-20-19(17)22-12-14-24-15-13-22/h8-9,11H,2-7,10,12-16H2,1H3,(H,21,23). The lowest BCUT2D eigenvalue weighted by Gasteiger charge is -2.29. The number of hydrogen-bond acceptors (Lipinski definition) is 4. The van der Waals surface area contributed by atoms with E-state index in [1.54, 1.807) is 0 Å². The molecule has 1 aromatic heterocycles. The van der Waals surface area contributed by atoms with Gasteiger partial charge in [-0.05, 0) is 12.5 Å². The SMILES string of the molecule is CCCCCCCCC(=O)NCc1cccnc1N1CCOCC1. The van der Waals surface area contributed by atoms with Crippen LogP contribution >= 0.6 is 0 Å². The maximum atomic E-state index is 12.0. The first-order valence-corrected chi connectivity index (χ1v) is 9.34. The summed E-state index contributed by atoms with van der Waals surface area (Å²) in [6, 6.07) is 3.97. The Morgan fingerprint density at radius 1 is 1.21 bits per heavy atom. The van der Waals surface area contributed by atoms with Gasteiger partial charge in [-0.3, -0.25) is 4.79 Å². The lowest BCUT2D eigenvalue weighted by Crippen LogP contribution is -2.37. The van der Waals surface area contributed by atoms with Crippen LogP contribution in [0, 0.1) is 0 Å². The number of aromatic nitrogens is 1. The van der Waals surface area contributed by atoms with Crippen LogP contribution in [0.15, 0.2) is 18.3 Å². The van der Waals surface area contributed by atoms with Crippen molar-refractivity contribution in [1.82, 2.24) is 10.3 Å². The van der Waals surface area contributed by atoms with E-state index in [0.717, 1.165) is 50.5 Å². The van der Waals surface area contributed by atoms with Crippen LogP contribution in [-0.2, 0) is 16.1 Å². The van der Waals surface area contributed by atoms with Crippen molar-refractivity contribution in [2.24, 2.45) is 0 Å². The maximum absolute atomic E-state index is 12.0. The summed E-state index contributed by atoms with van der Waals surface area (Å²) < 4.78 is 5.40. The fourth-order valence-electron chi connectivity index (χ4n) is 2.98. The third-order valence-electron chi connectivity index (χ3n) is 4.41. The number of nitrogens with zero attached hydrogens (tertiary/aromatic N) is 2. The average Bonchev–Trinajstić information content (AvgIpc) is 2.64. The first kappa shape index (κ1) is 18.7. The fraction of sp³-hybridized carbons (Fsp3) is 0.684. The molecule has 1 aromatic rings. The largest absolute Gasteiger partial charge is 0.378 e. The molecule has 0 bridgehead atoms. The molecule has 0 aromatic carbocycles. The monoisotopic (exact) mass is 333 g/mol. The minimum atomic E-state index is 0.141. The number of unbranched alkanes of at least 4 members (excludes halogenated alkanes) is 5. The normalized spacial score (nSPS) is 14.6. The van der Waals surface area contributed by atoms with Crippen molar-refractivity contribution >= 4 is 11.7 Å². The second-order valence-corrected chi connectivity index (χ2v) is 6.38. The van der Waals surface area contributed by atoms with Gasteiger partial charge in [0.1, 0.15) is 5.82 Å². The van der Waals surface area contributed by atoms with Crippen LogP contribution in [0.2, 0.25) is 0 Å². The van der Waals surface area contributed by atoms with Crippen LogP contribution in [0.1, 0.15) is 57.4 Å². The summed E-state index contributed by atoms with van der Waals surface area (Å²) in [5, 5.41) is 3.04. The summed E-state index contributed by atoms with van der Waals surface area (Å²) >= 11 is 0. The van der Waals surface area contributed by atoms with E-state index in [1.165, 1.54) is 25.7 Å². The van der Waals surface area contributed by atoms with E-state index in [-0.39, 0.29) is 5.91 Å². The van der Waals surface area contributed by atoms with Crippen molar-refractivity contribution in [1.29, 1.82) is 0 Å². The number of morpholine rings is 1. The van der Waals surface area contributed by atoms with E-state index in [4.69, 9.17) is 4.74 Å². The third-order valence-corrected chi connectivity index (χ3v) is 4.41. The van der Waals surface area contributed by atoms with Crippen molar-refractivity contribution in [3.05, 3.63) is 23.9 Å². The number of anilines is 1. The Morgan fingerprint density at radius 3 is 2.75 bits per heavy atom. The number of amides is 1. The summed E-state index contributed by atoms with van der Waals surface area (Å²) in [6.07, 6.45) is 9.67. The Kier molecular flexibility index (Phi) is 8.60. The highest BCUT2D eigenvalue weighted by molar-refractivity contribution is 5.76. The molecule has 1 saturated heterocycles. The molecular formula is C19H31N3O2. The van der Waals surface area contributed by atoms with Crippen LogP contribution in [0.5, 0.6) is 0 Å². The molecule has 24 heavy (non-hydrogen) atoms. The van der Waals surface area contributed by atoms with E-state index in [2.05, 4.69) is 22.1 Å². The molecule has 1 fully saturated rings. The lowest BCUT2D eigenvalue weighted by atomic mass is 10.1. The van der Waals surface area contributed by atoms with Crippen molar-refractivity contribution in [2.45, 2.75) is 58.4 Å². The number of rotatable bonds is 10. The first-order valence-electron chi connectivity index (χ1n) is 9.34. The zero-order valence-corrected chi connectivity index (χ0v) is 14.9. The Morgan fingerprint density at radius 2 is 1.96 bits per heavy atom. The molecular weight excluding hydrogens is 302 g/mol. The molecule has 1 aliphatic rings. The highest BCUT2D eigenvalue weighted by atomic mass is 16.5. The zero-order valence-electron chi connectivity index (χ0n) is 14.9. The number of nitrogens with one attached hydrogen (secondary N) is 1. The molecule has 1 amide bonds. The minimum absolute atomic E-state index is 0.141. The van der Waals surface area contributed by atoms with E-state index < -0.39 is 0 Å². The minimum Gasteiger partial charge on any atom is -0.378 e. The molecule has 5 nitrogen and oxygen atoms in total. The van der Waals surface area contributed by atoms with Crippen molar-refractivity contribution in [3.63, 3.8) is 0 Å². The zero-order chi connectivity index (χ0) is 17.0. The van der Waals surface area contributed by atoms with Crippen LogP contribution in [0.25, 0.3) is 0 Å². The van der Waals surface area contributed by atoms with Gasteiger partial charge in [0.25, 0.3) is 0 Å². The van der Waals surface area contributed by atoms with Crippen LogP contribution in [-0.4, -0.2) is 37.2 Å². The number of carbonyl (C=O) groups is 1. The van der Waals surface area contributed by atoms with Gasteiger partial charge in [-0.2, -0.15) is 0 Å². The van der Waals surface area contributed by atoms with Crippen molar-refractivity contribution in [3.8, 4) is 0 Å². The van der Waals surface area contributed by atoms with Gasteiger partial charge in [-0.1, -0.05) is 45.1 Å². The predicted molar refractivity (Wildman–Crippen MR) is 97.1 cm³/mol. The molecule has 2 heterocycles. The molecule has 2 rings (SSSR count). The summed E-state index contributed by atoms with van der Waals surface area (Å²) in [6.45, 7) is 5.96. The lowest BCUT2D eigenvalue weighted by molar-refractivity contribution is -0.121. The number of carbonyl (C=O) groups excluding carboxylic acids is 1. The predicted octanol–water partition coefficient (Wildman–Crippen LogP) is 3.29. The second-order valence-electron chi connectivity index (χ2n) is 6.38. The van der Waals surface area contributed by atoms with Crippen molar-refractivity contribution < 1.29 is 9.53 Å². The van der Waals surface area contributed by atoms with Gasteiger partial charge < -0.3 is 15.0 Å². The molecule has 5 heteroatoms. The summed E-state index contributed by atoms with van der Waals surface area (Å²) in [4.78, 5) is 18.8. The molecule has 0 radical (unpaired) electrons. The first-order chi connectivity index (χ1) is 11.8. The topological polar surface area (TPSA) is 54.5 Å². The highest BCUT2D eigenvalue weighted by Gasteiger charge is 2.16.